The van der Waals surface area contributed by atoms with Crippen LogP contribution in [0.5, 0.6) is 0 Å². The molecule has 2 aromatic rings. The van der Waals surface area contributed by atoms with Crippen molar-refractivity contribution in [1.82, 2.24) is 14.8 Å². The summed E-state index contributed by atoms with van der Waals surface area (Å²) in [5.74, 6) is 0. The quantitative estimate of drug-likeness (QED) is 0.610. The van der Waals surface area contributed by atoms with Gasteiger partial charge in [-0.25, -0.2) is 0 Å². The summed E-state index contributed by atoms with van der Waals surface area (Å²) in [6.45, 7) is 4.02. The standard InChI is InChI=1S/C13H13N3S/c1-11(12-6-4-3-5-7-12)8-9-17-13-15-14-10-16(13)2/h3-10H,1H2,2H3/b9-8+. The van der Waals surface area contributed by atoms with Gasteiger partial charge in [0.05, 0.1) is 0 Å². The van der Waals surface area contributed by atoms with Crippen molar-refractivity contribution in [2.45, 2.75) is 5.16 Å². The number of benzene rings is 1. The molecule has 1 aromatic heterocycles. The average molecular weight is 243 g/mol. The first-order valence-corrected chi connectivity index (χ1v) is 6.07. The van der Waals surface area contributed by atoms with Gasteiger partial charge >= 0.3 is 0 Å². The van der Waals surface area contributed by atoms with E-state index < -0.39 is 0 Å². The van der Waals surface area contributed by atoms with Crippen LogP contribution in [0.4, 0.5) is 0 Å². The smallest absolute Gasteiger partial charge is 0.194 e. The first-order chi connectivity index (χ1) is 8.27. The molecule has 1 heterocycles. The molecule has 1 aromatic carbocycles. The molecule has 0 saturated heterocycles. The fraction of sp³-hybridized carbons (Fsp3) is 0.0769. The first kappa shape index (κ1) is 11.7. The van der Waals surface area contributed by atoms with E-state index in [1.165, 1.54) is 11.8 Å². The van der Waals surface area contributed by atoms with Crippen molar-refractivity contribution in [3.8, 4) is 0 Å². The number of hydrogen-bond acceptors (Lipinski definition) is 3. The Morgan fingerprint density at radius 1 is 1.35 bits per heavy atom. The van der Waals surface area contributed by atoms with E-state index in [9.17, 15) is 0 Å². The Morgan fingerprint density at radius 2 is 2.12 bits per heavy atom. The zero-order chi connectivity index (χ0) is 12.1. The van der Waals surface area contributed by atoms with Gasteiger partial charge in [-0.05, 0) is 22.6 Å². The molecule has 0 amide bonds. The normalized spacial score (nSPS) is 10.9. The number of thioether (sulfide) groups is 1. The van der Waals surface area contributed by atoms with Crippen LogP contribution in [-0.4, -0.2) is 14.8 Å². The van der Waals surface area contributed by atoms with Crippen molar-refractivity contribution >= 4 is 17.3 Å². The summed E-state index contributed by atoms with van der Waals surface area (Å²) in [5, 5.41) is 10.6. The van der Waals surface area contributed by atoms with Gasteiger partial charge in [-0.1, -0.05) is 48.7 Å². The summed E-state index contributed by atoms with van der Waals surface area (Å²) in [6, 6.07) is 10.1. The highest BCUT2D eigenvalue weighted by Gasteiger charge is 1.98. The maximum atomic E-state index is 4.02. The van der Waals surface area contributed by atoms with Crippen molar-refractivity contribution in [1.29, 1.82) is 0 Å². The van der Waals surface area contributed by atoms with Crippen LogP contribution < -0.4 is 0 Å². The van der Waals surface area contributed by atoms with Crippen molar-refractivity contribution in [3.05, 3.63) is 60.3 Å². The third-order valence-electron chi connectivity index (χ3n) is 2.26. The Balaban J connectivity index is 1.98. The summed E-state index contributed by atoms with van der Waals surface area (Å²) in [6.07, 6.45) is 3.66. The van der Waals surface area contributed by atoms with Crippen LogP contribution in [0.1, 0.15) is 5.56 Å². The lowest BCUT2D eigenvalue weighted by Gasteiger charge is -1.99. The van der Waals surface area contributed by atoms with Crippen LogP contribution in [0.3, 0.4) is 0 Å². The van der Waals surface area contributed by atoms with Gasteiger partial charge in [0.15, 0.2) is 5.16 Å². The molecule has 0 saturated carbocycles. The average Bonchev–Trinajstić information content (AvgIpc) is 2.76. The van der Waals surface area contributed by atoms with Crippen LogP contribution in [0.15, 0.2) is 59.9 Å². The summed E-state index contributed by atoms with van der Waals surface area (Å²) >= 11 is 1.52. The fourth-order valence-corrected chi connectivity index (χ4v) is 1.97. The second-order valence-corrected chi connectivity index (χ2v) is 4.41. The molecule has 17 heavy (non-hydrogen) atoms. The minimum atomic E-state index is 0.863. The highest BCUT2D eigenvalue weighted by atomic mass is 32.2. The molecule has 0 atom stereocenters. The molecule has 0 aliphatic rings. The number of hydrogen-bond donors (Lipinski definition) is 0. The number of rotatable bonds is 4. The number of aromatic nitrogens is 3. The first-order valence-electron chi connectivity index (χ1n) is 5.19. The van der Waals surface area contributed by atoms with Crippen molar-refractivity contribution in [2.24, 2.45) is 7.05 Å². The Labute approximate surface area is 105 Å². The van der Waals surface area contributed by atoms with Gasteiger partial charge < -0.3 is 4.57 Å². The molecule has 0 radical (unpaired) electrons. The number of nitrogens with zero attached hydrogens (tertiary/aromatic N) is 3. The molecule has 0 spiro atoms. The van der Waals surface area contributed by atoms with Gasteiger partial charge in [0.1, 0.15) is 6.33 Å². The minimum absolute atomic E-state index is 0.863. The van der Waals surface area contributed by atoms with Gasteiger partial charge in [0, 0.05) is 7.05 Å². The highest BCUT2D eigenvalue weighted by Crippen LogP contribution is 2.19. The van der Waals surface area contributed by atoms with E-state index in [1.54, 1.807) is 6.33 Å². The molecular weight excluding hydrogens is 230 g/mol. The predicted octanol–water partition coefficient (Wildman–Crippen LogP) is 3.13. The molecule has 0 fully saturated rings. The van der Waals surface area contributed by atoms with Gasteiger partial charge in [-0.3, -0.25) is 0 Å². The molecule has 0 aliphatic carbocycles. The third-order valence-corrected chi connectivity index (χ3v) is 3.11. The Kier molecular flexibility index (Phi) is 3.77. The minimum Gasteiger partial charge on any atom is -0.312 e. The van der Waals surface area contributed by atoms with Crippen molar-refractivity contribution in [2.75, 3.05) is 0 Å². The maximum Gasteiger partial charge on any atom is 0.194 e. The molecule has 0 unspecified atom stereocenters. The summed E-state index contributed by atoms with van der Waals surface area (Å²) in [4.78, 5) is 0. The van der Waals surface area contributed by atoms with E-state index in [0.717, 1.165) is 16.3 Å². The predicted molar refractivity (Wildman–Crippen MR) is 71.5 cm³/mol. The fourth-order valence-electron chi connectivity index (χ4n) is 1.30. The third kappa shape index (κ3) is 3.07. The molecule has 4 heteroatoms. The lowest BCUT2D eigenvalue weighted by Crippen LogP contribution is -1.86. The zero-order valence-corrected chi connectivity index (χ0v) is 10.4. The second-order valence-electron chi connectivity index (χ2n) is 3.54. The van der Waals surface area contributed by atoms with Crippen molar-refractivity contribution in [3.63, 3.8) is 0 Å². The van der Waals surface area contributed by atoms with Crippen LogP contribution in [-0.2, 0) is 7.05 Å². The summed E-state index contributed by atoms with van der Waals surface area (Å²) in [5.41, 5.74) is 2.11. The Hall–Kier alpha value is -1.81. The topological polar surface area (TPSA) is 30.7 Å². The number of aryl methyl sites for hydroxylation is 1. The van der Waals surface area contributed by atoms with E-state index in [1.807, 2.05) is 53.4 Å². The molecule has 0 bridgehead atoms. The van der Waals surface area contributed by atoms with E-state index in [-0.39, 0.29) is 0 Å². The molecule has 0 aliphatic heterocycles. The van der Waals surface area contributed by atoms with E-state index >= 15 is 0 Å². The lowest BCUT2D eigenvalue weighted by molar-refractivity contribution is 0.791. The molecule has 2 rings (SSSR count). The van der Waals surface area contributed by atoms with Crippen LogP contribution in [0.25, 0.3) is 5.57 Å². The van der Waals surface area contributed by atoms with Crippen molar-refractivity contribution < 1.29 is 0 Å². The van der Waals surface area contributed by atoms with Gasteiger partial charge in [-0.15, -0.1) is 10.2 Å². The Morgan fingerprint density at radius 3 is 2.76 bits per heavy atom. The molecule has 3 nitrogen and oxygen atoms in total. The summed E-state index contributed by atoms with van der Waals surface area (Å²) < 4.78 is 1.88. The number of allylic oxidation sites excluding steroid dienone is 2. The zero-order valence-electron chi connectivity index (χ0n) is 9.58. The van der Waals surface area contributed by atoms with Gasteiger partial charge in [0.25, 0.3) is 0 Å². The molecular formula is C13H13N3S. The largest absolute Gasteiger partial charge is 0.312 e. The lowest BCUT2D eigenvalue weighted by atomic mass is 10.1. The van der Waals surface area contributed by atoms with Gasteiger partial charge in [-0.2, -0.15) is 0 Å². The SMILES string of the molecule is C=C(/C=C/Sc1nncn1C)c1ccccc1. The highest BCUT2D eigenvalue weighted by molar-refractivity contribution is 8.02. The maximum absolute atomic E-state index is 4.02. The van der Waals surface area contributed by atoms with Crippen LogP contribution in [0, 0.1) is 0 Å². The van der Waals surface area contributed by atoms with Gasteiger partial charge in [0.2, 0.25) is 0 Å². The monoisotopic (exact) mass is 243 g/mol. The van der Waals surface area contributed by atoms with E-state index in [2.05, 4.69) is 16.8 Å². The molecule has 86 valence electrons. The summed E-state index contributed by atoms with van der Waals surface area (Å²) in [7, 11) is 1.92. The van der Waals surface area contributed by atoms with E-state index in [0.29, 0.717) is 0 Å². The van der Waals surface area contributed by atoms with Crippen LogP contribution >= 0.6 is 11.8 Å². The van der Waals surface area contributed by atoms with E-state index in [4.69, 9.17) is 0 Å². The Bertz CT molecular complexity index is 529. The molecule has 0 N–H and O–H groups in total. The van der Waals surface area contributed by atoms with Crippen LogP contribution in [0.2, 0.25) is 0 Å². The second kappa shape index (κ2) is 5.50.